The Morgan fingerprint density at radius 1 is 1.00 bits per heavy atom. The zero-order valence-electron chi connectivity index (χ0n) is 17.3. The molecule has 1 heterocycles. The monoisotopic (exact) mass is 444 g/mol. The van der Waals surface area contributed by atoms with Crippen LogP contribution in [0.25, 0.3) is 0 Å². The molecule has 1 amide bonds. The van der Waals surface area contributed by atoms with Crippen LogP contribution in [0.4, 0.5) is 36.2 Å². The maximum Gasteiger partial charge on any atom is 0.416 e. The van der Waals surface area contributed by atoms with E-state index in [-0.39, 0.29) is 17.7 Å². The fourth-order valence-corrected chi connectivity index (χ4v) is 2.97. The summed E-state index contributed by atoms with van der Waals surface area (Å²) in [4.78, 5) is 20.5. The van der Waals surface area contributed by atoms with Crippen LogP contribution in [0, 0.1) is 6.92 Å². The number of nitrogens with two attached hydrogens (primary N) is 1. The van der Waals surface area contributed by atoms with E-state index in [9.17, 15) is 18.0 Å². The number of halogens is 3. The number of alkyl halides is 3. The predicted octanol–water partition coefficient (Wildman–Crippen LogP) is 4.10. The summed E-state index contributed by atoms with van der Waals surface area (Å²) < 4.78 is 39.1. The van der Waals surface area contributed by atoms with Crippen molar-refractivity contribution in [3.05, 3.63) is 71.5 Å². The van der Waals surface area contributed by atoms with Gasteiger partial charge in [-0.2, -0.15) is 13.2 Å². The molecule has 3 aromatic rings. The molecule has 1 aromatic heterocycles. The molecule has 0 aliphatic heterocycles. The summed E-state index contributed by atoms with van der Waals surface area (Å²) in [6.07, 6.45) is -3.02. The number of hydrogen-bond donors (Lipinski definition) is 4. The number of carbonyl (C=O) groups is 1. The van der Waals surface area contributed by atoms with Crippen LogP contribution >= 0.6 is 0 Å². The number of carbonyl (C=O) groups excluding carboxylic acids is 1. The minimum absolute atomic E-state index is 0.0240. The highest BCUT2D eigenvalue weighted by molar-refractivity contribution is 5.92. The first-order valence-electron chi connectivity index (χ1n) is 9.84. The van der Waals surface area contributed by atoms with E-state index in [0.29, 0.717) is 30.3 Å². The molecule has 0 spiro atoms. The second-order valence-corrected chi connectivity index (χ2v) is 7.08. The minimum atomic E-state index is -4.47. The lowest BCUT2D eigenvalue weighted by Crippen LogP contribution is -2.15. The lowest BCUT2D eigenvalue weighted by Gasteiger charge is -2.13. The molecule has 5 N–H and O–H groups in total. The Bertz CT molecular complexity index is 1070. The van der Waals surface area contributed by atoms with Gasteiger partial charge in [0.25, 0.3) is 0 Å². The first-order valence-corrected chi connectivity index (χ1v) is 9.84. The third kappa shape index (κ3) is 6.42. The second kappa shape index (κ2) is 10.1. The Kier molecular flexibility index (Phi) is 7.26. The van der Waals surface area contributed by atoms with Gasteiger partial charge in [-0.05, 0) is 42.3 Å². The van der Waals surface area contributed by atoms with E-state index in [1.807, 2.05) is 0 Å². The number of hydrogen-bond acceptors (Lipinski definition) is 6. The standard InChI is InChI=1S/C22H23F3N6O/c1-14-2-5-17(11-18(14)22(23,24)25)31-21(32)10-15-3-6-16(7-4-15)30-20-12-19(27-9-8-26)28-13-29-20/h2-7,11-13H,8-10,26H2,1H3,(H,31,32)(H2,27,28,29,30). The number of rotatable bonds is 8. The van der Waals surface area contributed by atoms with Crippen molar-refractivity contribution >= 4 is 28.9 Å². The third-order valence-electron chi connectivity index (χ3n) is 4.54. The molecule has 0 bridgehead atoms. The van der Waals surface area contributed by atoms with Crippen molar-refractivity contribution in [3.8, 4) is 0 Å². The Morgan fingerprint density at radius 2 is 1.69 bits per heavy atom. The Morgan fingerprint density at radius 3 is 2.38 bits per heavy atom. The van der Waals surface area contributed by atoms with Crippen LogP contribution in [0.2, 0.25) is 0 Å². The lowest BCUT2D eigenvalue weighted by molar-refractivity contribution is -0.138. The zero-order valence-corrected chi connectivity index (χ0v) is 17.3. The molecule has 0 saturated heterocycles. The van der Waals surface area contributed by atoms with Gasteiger partial charge in [0.05, 0.1) is 12.0 Å². The molecule has 168 valence electrons. The molecule has 3 rings (SSSR count). The molecule has 0 aliphatic rings. The topological polar surface area (TPSA) is 105 Å². The van der Waals surface area contributed by atoms with Gasteiger partial charge in [0.1, 0.15) is 18.0 Å². The van der Waals surface area contributed by atoms with Crippen LogP contribution < -0.4 is 21.7 Å². The van der Waals surface area contributed by atoms with Crippen LogP contribution in [0.15, 0.2) is 54.9 Å². The molecular formula is C22H23F3N6O. The lowest BCUT2D eigenvalue weighted by atomic mass is 10.1. The molecule has 32 heavy (non-hydrogen) atoms. The van der Waals surface area contributed by atoms with Gasteiger partial charge in [0.2, 0.25) is 5.91 Å². The van der Waals surface area contributed by atoms with E-state index in [4.69, 9.17) is 5.73 Å². The summed E-state index contributed by atoms with van der Waals surface area (Å²) in [5.74, 6) is 0.824. The molecule has 7 nitrogen and oxygen atoms in total. The first-order chi connectivity index (χ1) is 15.2. The van der Waals surface area contributed by atoms with Crippen LogP contribution in [-0.4, -0.2) is 29.0 Å². The molecule has 0 unspecified atom stereocenters. The highest BCUT2D eigenvalue weighted by Gasteiger charge is 2.32. The molecule has 0 atom stereocenters. The smallest absolute Gasteiger partial charge is 0.369 e. The van der Waals surface area contributed by atoms with E-state index >= 15 is 0 Å². The van der Waals surface area contributed by atoms with E-state index in [1.165, 1.54) is 25.4 Å². The normalized spacial score (nSPS) is 11.2. The summed E-state index contributed by atoms with van der Waals surface area (Å²) in [6.45, 7) is 2.45. The number of amides is 1. The van der Waals surface area contributed by atoms with Crippen molar-refractivity contribution in [2.24, 2.45) is 5.73 Å². The van der Waals surface area contributed by atoms with Crippen molar-refractivity contribution in [2.45, 2.75) is 19.5 Å². The van der Waals surface area contributed by atoms with Crippen molar-refractivity contribution < 1.29 is 18.0 Å². The molecule has 10 heteroatoms. The largest absolute Gasteiger partial charge is 0.416 e. The fraction of sp³-hybridized carbons (Fsp3) is 0.227. The van der Waals surface area contributed by atoms with Crippen molar-refractivity contribution in [2.75, 3.05) is 29.0 Å². The number of anilines is 4. The number of nitrogens with zero attached hydrogens (tertiary/aromatic N) is 2. The minimum Gasteiger partial charge on any atom is -0.369 e. The maximum absolute atomic E-state index is 13.0. The Hall–Kier alpha value is -3.66. The molecule has 2 aromatic carbocycles. The van der Waals surface area contributed by atoms with Crippen molar-refractivity contribution in [3.63, 3.8) is 0 Å². The van der Waals surface area contributed by atoms with E-state index in [0.717, 1.165) is 11.8 Å². The average molecular weight is 444 g/mol. The zero-order chi connectivity index (χ0) is 23.1. The molecular weight excluding hydrogens is 421 g/mol. The van der Waals surface area contributed by atoms with Crippen molar-refractivity contribution in [1.29, 1.82) is 0 Å². The van der Waals surface area contributed by atoms with Crippen LogP contribution in [-0.2, 0) is 17.4 Å². The van der Waals surface area contributed by atoms with E-state index in [2.05, 4.69) is 25.9 Å². The van der Waals surface area contributed by atoms with Gasteiger partial charge in [0, 0.05) is 30.5 Å². The Labute approximate surface area is 183 Å². The van der Waals surface area contributed by atoms with Gasteiger partial charge in [-0.15, -0.1) is 0 Å². The molecule has 0 fully saturated rings. The number of aromatic nitrogens is 2. The number of aryl methyl sites for hydroxylation is 1. The third-order valence-corrected chi connectivity index (χ3v) is 4.54. The van der Waals surface area contributed by atoms with Gasteiger partial charge in [-0.1, -0.05) is 18.2 Å². The molecule has 0 aliphatic carbocycles. The van der Waals surface area contributed by atoms with Gasteiger partial charge in [-0.25, -0.2) is 9.97 Å². The summed E-state index contributed by atoms with van der Waals surface area (Å²) in [5, 5.41) is 8.72. The summed E-state index contributed by atoms with van der Waals surface area (Å²) in [7, 11) is 0. The highest BCUT2D eigenvalue weighted by atomic mass is 19.4. The second-order valence-electron chi connectivity index (χ2n) is 7.08. The van der Waals surface area contributed by atoms with Crippen LogP contribution in [0.1, 0.15) is 16.7 Å². The van der Waals surface area contributed by atoms with Gasteiger partial charge in [-0.3, -0.25) is 4.79 Å². The van der Waals surface area contributed by atoms with Crippen LogP contribution in [0.5, 0.6) is 0 Å². The van der Waals surface area contributed by atoms with Gasteiger partial charge in [0.15, 0.2) is 0 Å². The highest BCUT2D eigenvalue weighted by Crippen LogP contribution is 2.33. The number of nitrogens with one attached hydrogen (secondary N) is 3. The predicted molar refractivity (Wildman–Crippen MR) is 118 cm³/mol. The van der Waals surface area contributed by atoms with Crippen LogP contribution in [0.3, 0.4) is 0 Å². The van der Waals surface area contributed by atoms with Gasteiger partial charge >= 0.3 is 6.18 Å². The van der Waals surface area contributed by atoms with E-state index < -0.39 is 17.6 Å². The number of benzene rings is 2. The maximum atomic E-state index is 13.0. The quantitative estimate of drug-likeness (QED) is 0.417. The summed E-state index contributed by atoms with van der Waals surface area (Å²) in [5.41, 5.74) is 6.37. The first kappa shape index (κ1) is 23.0. The summed E-state index contributed by atoms with van der Waals surface area (Å²) >= 11 is 0. The summed E-state index contributed by atoms with van der Waals surface area (Å²) in [6, 6.07) is 12.6. The van der Waals surface area contributed by atoms with E-state index in [1.54, 1.807) is 30.3 Å². The fourth-order valence-electron chi connectivity index (χ4n) is 2.97. The van der Waals surface area contributed by atoms with Crippen molar-refractivity contribution in [1.82, 2.24) is 9.97 Å². The average Bonchev–Trinajstić information content (AvgIpc) is 2.74. The Balaban J connectivity index is 1.59. The van der Waals surface area contributed by atoms with Gasteiger partial charge < -0.3 is 21.7 Å². The SMILES string of the molecule is Cc1ccc(NC(=O)Cc2ccc(Nc3cc(NCCN)ncn3)cc2)cc1C(F)(F)F. The molecule has 0 radical (unpaired) electrons. The molecule has 0 saturated carbocycles.